The molecule has 1 fully saturated rings. The van der Waals surface area contributed by atoms with Crippen molar-refractivity contribution in [1.82, 2.24) is 9.80 Å². The van der Waals surface area contributed by atoms with Gasteiger partial charge in [-0.1, -0.05) is 37.3 Å². The molecular formula is C18H24N2S. The van der Waals surface area contributed by atoms with Crippen LogP contribution in [0.15, 0.2) is 41.8 Å². The lowest BCUT2D eigenvalue weighted by molar-refractivity contribution is 0.259. The molecule has 2 nitrogen and oxygen atoms in total. The molecule has 112 valence electrons. The Hall–Kier alpha value is -1.16. The Balaban J connectivity index is 1.62. The molecule has 0 atom stereocenters. The molecular weight excluding hydrogens is 276 g/mol. The minimum absolute atomic E-state index is 1.11. The average Bonchev–Trinajstić information content (AvgIpc) is 2.87. The van der Waals surface area contributed by atoms with Gasteiger partial charge in [-0.3, -0.25) is 4.90 Å². The molecule has 0 aliphatic carbocycles. The van der Waals surface area contributed by atoms with Gasteiger partial charge in [0.05, 0.1) is 0 Å². The summed E-state index contributed by atoms with van der Waals surface area (Å²) in [6, 6.07) is 13.0. The zero-order valence-corrected chi connectivity index (χ0v) is 13.6. The Bertz CT molecular complexity index is 549. The molecule has 0 unspecified atom stereocenters. The van der Waals surface area contributed by atoms with Crippen molar-refractivity contribution in [3.8, 4) is 11.1 Å². The van der Waals surface area contributed by atoms with Crippen molar-refractivity contribution in [3.63, 3.8) is 0 Å². The summed E-state index contributed by atoms with van der Waals surface area (Å²) in [4.78, 5) is 6.65. The molecule has 1 aliphatic rings. The molecule has 21 heavy (non-hydrogen) atoms. The maximum atomic E-state index is 2.61. The summed E-state index contributed by atoms with van der Waals surface area (Å²) >= 11 is 1.90. The number of rotatable bonds is 4. The highest BCUT2D eigenvalue weighted by molar-refractivity contribution is 7.10. The maximum Gasteiger partial charge on any atom is 0.0328 e. The van der Waals surface area contributed by atoms with Crippen LogP contribution in [-0.2, 0) is 6.54 Å². The number of benzene rings is 1. The first-order valence-corrected chi connectivity index (χ1v) is 8.80. The van der Waals surface area contributed by atoms with E-state index in [1.165, 1.54) is 55.1 Å². The van der Waals surface area contributed by atoms with Crippen LogP contribution in [0.25, 0.3) is 11.1 Å². The van der Waals surface area contributed by atoms with Crippen LogP contribution in [0.4, 0.5) is 0 Å². The molecule has 0 bridgehead atoms. The standard InChI is InChI=1S/C18H24N2S/c1-2-19-9-6-10-20(12-11-19)14-18-13-17(15-21-18)16-7-4-3-5-8-16/h3-5,7-8,13,15H,2,6,9-12,14H2,1H3. The maximum absolute atomic E-state index is 2.61. The van der Waals surface area contributed by atoms with Gasteiger partial charge in [0.1, 0.15) is 0 Å². The van der Waals surface area contributed by atoms with E-state index < -0.39 is 0 Å². The summed E-state index contributed by atoms with van der Waals surface area (Å²) in [7, 11) is 0. The lowest BCUT2D eigenvalue weighted by Crippen LogP contribution is -2.30. The molecule has 0 amide bonds. The second-order valence-corrected chi connectivity index (χ2v) is 6.73. The van der Waals surface area contributed by atoms with Gasteiger partial charge in [-0.25, -0.2) is 0 Å². The Morgan fingerprint density at radius 2 is 1.71 bits per heavy atom. The monoisotopic (exact) mass is 300 g/mol. The zero-order chi connectivity index (χ0) is 14.5. The van der Waals surface area contributed by atoms with Gasteiger partial charge in [0.2, 0.25) is 0 Å². The van der Waals surface area contributed by atoms with E-state index in [2.05, 4.69) is 58.5 Å². The predicted octanol–water partition coefficient (Wildman–Crippen LogP) is 3.94. The Labute approximate surface area is 132 Å². The minimum Gasteiger partial charge on any atom is -0.302 e. The van der Waals surface area contributed by atoms with Gasteiger partial charge in [0.15, 0.2) is 0 Å². The van der Waals surface area contributed by atoms with E-state index in [4.69, 9.17) is 0 Å². The topological polar surface area (TPSA) is 6.48 Å². The normalized spacial score (nSPS) is 17.8. The molecule has 2 aromatic rings. The third-order valence-electron chi connectivity index (χ3n) is 4.27. The Morgan fingerprint density at radius 1 is 0.952 bits per heavy atom. The molecule has 1 aromatic heterocycles. The Morgan fingerprint density at radius 3 is 2.52 bits per heavy atom. The summed E-state index contributed by atoms with van der Waals surface area (Å²) in [5.41, 5.74) is 2.69. The van der Waals surface area contributed by atoms with Gasteiger partial charge in [-0.05, 0) is 48.6 Å². The van der Waals surface area contributed by atoms with Crippen molar-refractivity contribution in [3.05, 3.63) is 46.7 Å². The highest BCUT2D eigenvalue weighted by atomic mass is 32.1. The van der Waals surface area contributed by atoms with Gasteiger partial charge < -0.3 is 4.90 Å². The SMILES string of the molecule is CCN1CCCN(Cc2cc(-c3ccccc3)cs2)CC1. The van der Waals surface area contributed by atoms with Crippen molar-refractivity contribution in [2.75, 3.05) is 32.7 Å². The van der Waals surface area contributed by atoms with Crippen LogP contribution in [0.5, 0.6) is 0 Å². The van der Waals surface area contributed by atoms with Crippen LogP contribution in [0.1, 0.15) is 18.2 Å². The van der Waals surface area contributed by atoms with Crippen LogP contribution in [-0.4, -0.2) is 42.5 Å². The van der Waals surface area contributed by atoms with Crippen LogP contribution >= 0.6 is 11.3 Å². The quantitative estimate of drug-likeness (QED) is 0.844. The summed E-state index contributed by atoms with van der Waals surface area (Å²) in [6.45, 7) is 9.46. The molecule has 3 rings (SSSR count). The fourth-order valence-corrected chi connectivity index (χ4v) is 3.90. The molecule has 0 spiro atoms. The molecule has 2 heterocycles. The van der Waals surface area contributed by atoms with Crippen LogP contribution < -0.4 is 0 Å². The molecule has 1 aromatic carbocycles. The number of nitrogens with zero attached hydrogens (tertiary/aromatic N) is 2. The van der Waals surface area contributed by atoms with Gasteiger partial charge in [0, 0.05) is 24.5 Å². The smallest absolute Gasteiger partial charge is 0.0328 e. The van der Waals surface area contributed by atoms with E-state index in [1.54, 1.807) is 0 Å². The van der Waals surface area contributed by atoms with E-state index in [0.717, 1.165) is 6.54 Å². The molecule has 0 N–H and O–H groups in total. The van der Waals surface area contributed by atoms with Crippen molar-refractivity contribution < 1.29 is 0 Å². The van der Waals surface area contributed by atoms with Crippen molar-refractivity contribution in [2.24, 2.45) is 0 Å². The van der Waals surface area contributed by atoms with Gasteiger partial charge in [-0.15, -0.1) is 11.3 Å². The van der Waals surface area contributed by atoms with E-state index in [-0.39, 0.29) is 0 Å². The largest absolute Gasteiger partial charge is 0.302 e. The first-order valence-electron chi connectivity index (χ1n) is 7.92. The van der Waals surface area contributed by atoms with E-state index >= 15 is 0 Å². The summed E-state index contributed by atoms with van der Waals surface area (Å²) in [5.74, 6) is 0. The van der Waals surface area contributed by atoms with E-state index in [0.29, 0.717) is 0 Å². The highest BCUT2D eigenvalue weighted by Crippen LogP contribution is 2.26. The lowest BCUT2D eigenvalue weighted by atomic mass is 10.1. The van der Waals surface area contributed by atoms with Crippen molar-refractivity contribution >= 4 is 11.3 Å². The van der Waals surface area contributed by atoms with Crippen LogP contribution in [0.2, 0.25) is 0 Å². The summed E-state index contributed by atoms with van der Waals surface area (Å²) in [6.07, 6.45) is 1.30. The summed E-state index contributed by atoms with van der Waals surface area (Å²) in [5, 5.41) is 2.29. The van der Waals surface area contributed by atoms with Gasteiger partial charge >= 0.3 is 0 Å². The number of hydrogen-bond acceptors (Lipinski definition) is 3. The molecule has 3 heteroatoms. The van der Waals surface area contributed by atoms with Gasteiger partial charge in [0.25, 0.3) is 0 Å². The van der Waals surface area contributed by atoms with Gasteiger partial charge in [-0.2, -0.15) is 0 Å². The Kier molecular flexibility index (Phi) is 5.07. The first kappa shape index (κ1) is 14.8. The third-order valence-corrected chi connectivity index (χ3v) is 5.19. The van der Waals surface area contributed by atoms with Crippen LogP contribution in [0, 0.1) is 0 Å². The molecule has 0 saturated carbocycles. The highest BCUT2D eigenvalue weighted by Gasteiger charge is 2.14. The first-order chi connectivity index (χ1) is 10.3. The number of hydrogen-bond donors (Lipinski definition) is 0. The second kappa shape index (κ2) is 7.21. The number of thiophene rings is 1. The predicted molar refractivity (Wildman–Crippen MR) is 91.8 cm³/mol. The summed E-state index contributed by atoms with van der Waals surface area (Å²) < 4.78 is 0. The third kappa shape index (κ3) is 3.94. The zero-order valence-electron chi connectivity index (χ0n) is 12.8. The fourth-order valence-electron chi connectivity index (χ4n) is 2.96. The molecule has 1 saturated heterocycles. The molecule has 0 radical (unpaired) electrons. The number of likely N-dealkylation sites (N-methyl/N-ethyl adjacent to an activating group) is 1. The van der Waals surface area contributed by atoms with E-state index in [9.17, 15) is 0 Å². The average molecular weight is 300 g/mol. The van der Waals surface area contributed by atoms with E-state index in [1.807, 2.05) is 11.3 Å². The second-order valence-electron chi connectivity index (χ2n) is 5.73. The minimum atomic E-state index is 1.11. The molecule has 1 aliphatic heterocycles. The van der Waals surface area contributed by atoms with Crippen molar-refractivity contribution in [2.45, 2.75) is 19.9 Å². The lowest BCUT2D eigenvalue weighted by Gasteiger charge is -2.20. The van der Waals surface area contributed by atoms with Crippen LogP contribution in [0.3, 0.4) is 0 Å². The fraction of sp³-hybridized carbons (Fsp3) is 0.444. The van der Waals surface area contributed by atoms with Crippen molar-refractivity contribution in [1.29, 1.82) is 0 Å².